The summed E-state index contributed by atoms with van der Waals surface area (Å²) in [5, 5.41) is 3.96. The van der Waals surface area contributed by atoms with Gasteiger partial charge in [0.1, 0.15) is 16.1 Å². The number of rotatable bonds is 2. The van der Waals surface area contributed by atoms with E-state index in [4.69, 9.17) is 10.3 Å². The summed E-state index contributed by atoms with van der Waals surface area (Å²) in [6, 6.07) is 9.62. The number of nitrogens with zero attached hydrogens (tertiary/aromatic N) is 2. The maximum atomic E-state index is 13.0. The molecule has 6 heteroatoms. The van der Waals surface area contributed by atoms with Gasteiger partial charge >= 0.3 is 0 Å². The quantitative estimate of drug-likeness (QED) is 0.722. The molecule has 0 saturated carbocycles. The van der Waals surface area contributed by atoms with E-state index in [-0.39, 0.29) is 11.7 Å². The Kier molecular flexibility index (Phi) is 3.23. The average Bonchev–Trinajstić information content (AvgIpc) is 2.81. The van der Waals surface area contributed by atoms with Gasteiger partial charge in [-0.05, 0) is 57.9 Å². The van der Waals surface area contributed by atoms with Crippen molar-refractivity contribution in [2.24, 2.45) is 0 Å². The van der Waals surface area contributed by atoms with Crippen molar-refractivity contribution in [2.45, 2.75) is 0 Å². The first-order chi connectivity index (χ1) is 9.65. The summed E-state index contributed by atoms with van der Waals surface area (Å²) in [7, 11) is 0. The maximum absolute atomic E-state index is 13.0. The fourth-order valence-electron chi connectivity index (χ4n) is 1.94. The van der Waals surface area contributed by atoms with Gasteiger partial charge in [-0.15, -0.1) is 0 Å². The van der Waals surface area contributed by atoms with E-state index in [9.17, 15) is 4.39 Å². The van der Waals surface area contributed by atoms with Gasteiger partial charge in [-0.2, -0.15) is 0 Å². The Bertz CT molecular complexity index is 755. The third kappa shape index (κ3) is 2.30. The summed E-state index contributed by atoms with van der Waals surface area (Å²) in [6.07, 6.45) is 1.65. The zero-order valence-electron chi connectivity index (χ0n) is 10.2. The maximum Gasteiger partial charge on any atom is 0.230 e. The highest BCUT2D eigenvalue weighted by Gasteiger charge is 2.17. The highest BCUT2D eigenvalue weighted by atomic mass is 79.9. The molecule has 2 N–H and O–H groups in total. The van der Waals surface area contributed by atoms with Gasteiger partial charge in [0.2, 0.25) is 5.88 Å². The van der Waals surface area contributed by atoms with Gasteiger partial charge in [-0.25, -0.2) is 9.37 Å². The molecule has 3 rings (SSSR count). The molecule has 2 heterocycles. The Morgan fingerprint density at radius 1 is 1.10 bits per heavy atom. The number of benzene rings is 1. The molecule has 0 aliphatic heterocycles. The second-order valence-corrected chi connectivity index (χ2v) is 4.96. The molecule has 0 aliphatic rings. The Morgan fingerprint density at radius 3 is 2.55 bits per heavy atom. The average molecular weight is 334 g/mol. The molecule has 100 valence electrons. The number of aromatic nitrogens is 2. The van der Waals surface area contributed by atoms with E-state index in [2.05, 4.69) is 26.1 Å². The Hall–Kier alpha value is -2.21. The first kappa shape index (κ1) is 12.8. The summed E-state index contributed by atoms with van der Waals surface area (Å²) in [5.41, 5.74) is 8.64. The second kappa shape index (κ2) is 5.05. The second-order valence-electron chi connectivity index (χ2n) is 4.14. The van der Waals surface area contributed by atoms with Crippen molar-refractivity contribution in [1.29, 1.82) is 0 Å². The van der Waals surface area contributed by atoms with Crippen LogP contribution in [0.5, 0.6) is 0 Å². The lowest BCUT2D eigenvalue weighted by Gasteiger charge is -2.03. The van der Waals surface area contributed by atoms with Crippen LogP contribution >= 0.6 is 15.9 Å². The van der Waals surface area contributed by atoms with Crippen molar-refractivity contribution in [1.82, 2.24) is 10.1 Å². The fourth-order valence-corrected chi connectivity index (χ4v) is 2.31. The Balaban J connectivity index is 2.17. The smallest absolute Gasteiger partial charge is 0.230 e. The third-order valence-corrected chi connectivity index (χ3v) is 3.29. The zero-order valence-corrected chi connectivity index (χ0v) is 11.8. The summed E-state index contributed by atoms with van der Waals surface area (Å²) in [6.45, 7) is 0. The van der Waals surface area contributed by atoms with Gasteiger partial charge in [0.05, 0.1) is 5.56 Å². The Morgan fingerprint density at radius 2 is 1.85 bits per heavy atom. The van der Waals surface area contributed by atoms with Crippen LogP contribution in [-0.4, -0.2) is 10.1 Å². The van der Waals surface area contributed by atoms with Gasteiger partial charge < -0.3 is 10.3 Å². The molecule has 0 fully saturated rings. The SMILES string of the molecule is Nc1onc(-c2ccc(F)cc2)c1-c1ccnc(Br)c1. The lowest BCUT2D eigenvalue weighted by molar-refractivity contribution is 0.439. The molecule has 0 amide bonds. The normalized spacial score (nSPS) is 10.7. The summed E-state index contributed by atoms with van der Waals surface area (Å²) >= 11 is 3.31. The fraction of sp³-hybridized carbons (Fsp3) is 0. The number of pyridine rings is 1. The van der Waals surface area contributed by atoms with Crippen LogP contribution in [0.25, 0.3) is 22.4 Å². The molecule has 4 nitrogen and oxygen atoms in total. The topological polar surface area (TPSA) is 64.9 Å². The Labute approximate surface area is 122 Å². The van der Waals surface area contributed by atoms with E-state index in [1.165, 1.54) is 12.1 Å². The molecular formula is C14H9BrFN3O. The summed E-state index contributed by atoms with van der Waals surface area (Å²) in [4.78, 5) is 4.07. The zero-order chi connectivity index (χ0) is 14.1. The first-order valence-electron chi connectivity index (χ1n) is 5.78. The van der Waals surface area contributed by atoms with Gasteiger partial charge in [-0.1, -0.05) is 5.16 Å². The number of halogens is 2. The van der Waals surface area contributed by atoms with E-state index < -0.39 is 0 Å². The van der Waals surface area contributed by atoms with Crippen molar-refractivity contribution >= 4 is 21.8 Å². The predicted molar refractivity (Wildman–Crippen MR) is 77.2 cm³/mol. The molecule has 20 heavy (non-hydrogen) atoms. The van der Waals surface area contributed by atoms with Crippen molar-refractivity contribution in [3.8, 4) is 22.4 Å². The molecule has 0 saturated heterocycles. The van der Waals surface area contributed by atoms with E-state index in [1.807, 2.05) is 6.07 Å². The van der Waals surface area contributed by atoms with Crippen LogP contribution in [0.3, 0.4) is 0 Å². The van der Waals surface area contributed by atoms with Crippen molar-refractivity contribution in [3.63, 3.8) is 0 Å². The predicted octanol–water partition coefficient (Wildman–Crippen LogP) is 3.89. The number of hydrogen-bond donors (Lipinski definition) is 1. The molecule has 0 bridgehead atoms. The minimum Gasteiger partial charge on any atom is -0.367 e. The van der Waals surface area contributed by atoms with Crippen molar-refractivity contribution < 1.29 is 8.91 Å². The third-order valence-electron chi connectivity index (χ3n) is 2.85. The lowest BCUT2D eigenvalue weighted by atomic mass is 10.0. The lowest BCUT2D eigenvalue weighted by Crippen LogP contribution is -1.89. The minimum atomic E-state index is -0.307. The summed E-state index contributed by atoms with van der Waals surface area (Å²) in [5.74, 6) is -0.0964. The highest BCUT2D eigenvalue weighted by molar-refractivity contribution is 9.10. The molecule has 0 atom stereocenters. The van der Waals surface area contributed by atoms with Crippen LogP contribution in [0.1, 0.15) is 0 Å². The number of nitrogen functional groups attached to an aromatic ring is 1. The molecule has 0 radical (unpaired) electrons. The van der Waals surface area contributed by atoms with Gasteiger partial charge in [0.25, 0.3) is 0 Å². The van der Waals surface area contributed by atoms with Crippen LogP contribution in [0.15, 0.2) is 51.7 Å². The number of nitrogens with two attached hydrogens (primary N) is 1. The molecule has 0 spiro atoms. The van der Waals surface area contributed by atoms with Crippen LogP contribution in [-0.2, 0) is 0 Å². The van der Waals surface area contributed by atoms with Gasteiger partial charge in [0, 0.05) is 11.8 Å². The van der Waals surface area contributed by atoms with Crippen molar-refractivity contribution in [3.05, 3.63) is 53.0 Å². The largest absolute Gasteiger partial charge is 0.367 e. The summed E-state index contributed by atoms with van der Waals surface area (Å²) < 4.78 is 18.8. The molecule has 1 aromatic carbocycles. The van der Waals surface area contributed by atoms with Gasteiger partial charge in [-0.3, -0.25) is 0 Å². The van der Waals surface area contributed by atoms with E-state index in [1.54, 1.807) is 24.4 Å². The highest BCUT2D eigenvalue weighted by Crippen LogP contribution is 2.36. The van der Waals surface area contributed by atoms with E-state index in [0.717, 1.165) is 11.1 Å². The van der Waals surface area contributed by atoms with Gasteiger partial charge in [0.15, 0.2) is 0 Å². The van der Waals surface area contributed by atoms with Crippen LogP contribution in [0, 0.1) is 5.82 Å². The van der Waals surface area contributed by atoms with Crippen LogP contribution in [0.4, 0.5) is 10.3 Å². The first-order valence-corrected chi connectivity index (χ1v) is 6.57. The molecule has 2 aromatic heterocycles. The van der Waals surface area contributed by atoms with Crippen LogP contribution < -0.4 is 5.73 Å². The monoisotopic (exact) mass is 333 g/mol. The molecule has 0 aliphatic carbocycles. The van der Waals surface area contributed by atoms with E-state index >= 15 is 0 Å². The standard InChI is InChI=1S/C14H9BrFN3O/c15-11-7-9(5-6-18-11)12-13(19-20-14(12)17)8-1-3-10(16)4-2-8/h1-7H,17H2. The van der Waals surface area contributed by atoms with Crippen molar-refractivity contribution in [2.75, 3.05) is 5.73 Å². The molecule has 3 aromatic rings. The number of hydrogen-bond acceptors (Lipinski definition) is 4. The number of anilines is 1. The minimum absolute atomic E-state index is 0.211. The van der Waals surface area contributed by atoms with E-state index in [0.29, 0.717) is 15.9 Å². The molecule has 0 unspecified atom stereocenters. The van der Waals surface area contributed by atoms with Crippen LogP contribution in [0.2, 0.25) is 0 Å². The molecular weight excluding hydrogens is 325 g/mol.